The first-order valence-corrected chi connectivity index (χ1v) is 13.9. The van der Waals surface area contributed by atoms with Crippen LogP contribution >= 0.6 is 0 Å². The summed E-state index contributed by atoms with van der Waals surface area (Å²) in [6.45, 7) is 13.9. The zero-order valence-electron chi connectivity index (χ0n) is 21.9. The van der Waals surface area contributed by atoms with Crippen LogP contribution in [0.3, 0.4) is 0 Å². The summed E-state index contributed by atoms with van der Waals surface area (Å²) in [4.78, 5) is 24.8. The summed E-state index contributed by atoms with van der Waals surface area (Å²) >= 11 is 0. The molecule has 0 aliphatic heterocycles. The predicted octanol–water partition coefficient (Wildman–Crippen LogP) is 5.36. The number of Topliss-reactive ketones (excluding diaryl/α,β-unsaturated/α-hetero) is 1. The fourth-order valence-electron chi connectivity index (χ4n) is 11.3. The lowest BCUT2D eigenvalue weighted by molar-refractivity contribution is -0.239. The molecule has 190 valence electrons. The van der Waals surface area contributed by atoms with E-state index in [2.05, 4.69) is 27.4 Å². The van der Waals surface area contributed by atoms with Crippen molar-refractivity contribution in [2.75, 3.05) is 13.2 Å². The van der Waals surface area contributed by atoms with Crippen LogP contribution in [0.4, 0.5) is 0 Å². The summed E-state index contributed by atoms with van der Waals surface area (Å²) in [5, 5.41) is 21.0. The van der Waals surface area contributed by atoms with Crippen molar-refractivity contribution in [3.63, 3.8) is 0 Å². The Morgan fingerprint density at radius 3 is 2.29 bits per heavy atom. The fourth-order valence-corrected chi connectivity index (χ4v) is 11.3. The average molecular weight is 471 g/mol. The van der Waals surface area contributed by atoms with Crippen molar-refractivity contribution in [2.24, 2.45) is 56.7 Å². The third-order valence-corrected chi connectivity index (χ3v) is 13.4. The monoisotopic (exact) mass is 470 g/mol. The molecular formula is C30H46O4. The molecule has 5 aliphatic carbocycles. The number of rotatable bonds is 4. The van der Waals surface area contributed by atoms with Crippen LogP contribution < -0.4 is 0 Å². The van der Waals surface area contributed by atoms with E-state index in [0.29, 0.717) is 24.2 Å². The van der Waals surface area contributed by atoms with Gasteiger partial charge < -0.3 is 10.2 Å². The molecule has 5 fully saturated rings. The fraction of sp³-hybridized carbons (Fsp3) is 0.867. The van der Waals surface area contributed by atoms with E-state index in [1.807, 2.05) is 6.92 Å². The number of aldehydes is 1. The molecule has 0 amide bonds. The van der Waals surface area contributed by atoms with Crippen molar-refractivity contribution >= 4 is 12.1 Å². The minimum Gasteiger partial charge on any atom is -0.396 e. The first-order chi connectivity index (χ1) is 16.0. The molecule has 5 aliphatic rings. The Hall–Kier alpha value is -1.00. The molecule has 34 heavy (non-hydrogen) atoms. The third kappa shape index (κ3) is 2.79. The van der Waals surface area contributed by atoms with E-state index in [0.717, 1.165) is 69.6 Å². The second kappa shape index (κ2) is 7.75. The van der Waals surface area contributed by atoms with Crippen LogP contribution in [0.5, 0.6) is 0 Å². The number of hydrogen-bond donors (Lipinski definition) is 2. The van der Waals surface area contributed by atoms with E-state index in [-0.39, 0.29) is 52.5 Å². The van der Waals surface area contributed by atoms with E-state index in [1.54, 1.807) is 0 Å². The predicted molar refractivity (Wildman–Crippen MR) is 133 cm³/mol. The highest BCUT2D eigenvalue weighted by Gasteiger charge is 2.71. The van der Waals surface area contributed by atoms with Crippen molar-refractivity contribution < 1.29 is 19.8 Å². The van der Waals surface area contributed by atoms with E-state index in [4.69, 9.17) is 0 Å². The van der Waals surface area contributed by atoms with Crippen molar-refractivity contribution in [2.45, 2.75) is 91.9 Å². The molecule has 0 heterocycles. The number of carbonyl (C=O) groups excluding carboxylic acids is 2. The molecule has 0 aromatic rings. The van der Waals surface area contributed by atoms with Gasteiger partial charge in [-0.3, -0.25) is 9.59 Å². The molecule has 0 spiro atoms. The highest BCUT2D eigenvalue weighted by Crippen LogP contribution is 2.77. The molecule has 5 rings (SSSR count). The van der Waals surface area contributed by atoms with Gasteiger partial charge in [0.05, 0.1) is 12.0 Å². The van der Waals surface area contributed by atoms with Gasteiger partial charge in [0.1, 0.15) is 12.1 Å². The van der Waals surface area contributed by atoms with Gasteiger partial charge in [-0.15, -0.1) is 0 Å². The summed E-state index contributed by atoms with van der Waals surface area (Å²) in [6.07, 6.45) is 11.1. The van der Waals surface area contributed by atoms with E-state index < -0.39 is 5.41 Å². The first-order valence-electron chi connectivity index (χ1n) is 13.9. The first kappa shape index (κ1) is 24.7. The van der Waals surface area contributed by atoms with E-state index in [9.17, 15) is 19.8 Å². The van der Waals surface area contributed by atoms with Gasteiger partial charge in [0, 0.05) is 13.0 Å². The van der Waals surface area contributed by atoms with Crippen LogP contribution in [0.25, 0.3) is 0 Å². The summed E-state index contributed by atoms with van der Waals surface area (Å²) in [5.41, 5.74) is 0.447. The largest absolute Gasteiger partial charge is 0.396 e. The van der Waals surface area contributed by atoms with Crippen LogP contribution in [-0.4, -0.2) is 35.5 Å². The van der Waals surface area contributed by atoms with Crippen LogP contribution in [-0.2, 0) is 9.59 Å². The Labute approximate surface area is 206 Å². The van der Waals surface area contributed by atoms with E-state index in [1.165, 1.54) is 0 Å². The number of aliphatic hydroxyl groups is 2. The van der Waals surface area contributed by atoms with Crippen molar-refractivity contribution in [1.82, 2.24) is 0 Å². The van der Waals surface area contributed by atoms with Gasteiger partial charge >= 0.3 is 0 Å². The maximum absolute atomic E-state index is 13.0. The summed E-state index contributed by atoms with van der Waals surface area (Å²) in [7, 11) is 0. The third-order valence-electron chi connectivity index (χ3n) is 13.4. The molecule has 2 N–H and O–H groups in total. The molecule has 0 saturated heterocycles. The van der Waals surface area contributed by atoms with Gasteiger partial charge in [0.25, 0.3) is 0 Å². The number of ketones is 1. The minimum atomic E-state index is -0.608. The molecule has 0 radical (unpaired) electrons. The van der Waals surface area contributed by atoms with Gasteiger partial charge in [-0.1, -0.05) is 34.3 Å². The van der Waals surface area contributed by atoms with Crippen molar-refractivity contribution in [3.8, 4) is 0 Å². The Morgan fingerprint density at radius 1 is 0.912 bits per heavy atom. The van der Waals surface area contributed by atoms with Crippen LogP contribution in [0.15, 0.2) is 12.2 Å². The average Bonchev–Trinajstić information content (AvgIpc) is 3.22. The second-order valence-electron chi connectivity index (χ2n) is 14.1. The normalized spacial score (nSPS) is 54.4. The zero-order chi connectivity index (χ0) is 24.7. The number of aliphatic hydroxyl groups excluding tert-OH is 2. The van der Waals surface area contributed by atoms with Gasteiger partial charge in [0.15, 0.2) is 0 Å². The van der Waals surface area contributed by atoms with Crippen LogP contribution in [0.1, 0.15) is 91.9 Å². The molecule has 10 atom stereocenters. The standard InChI is InChI=1S/C30H46O4/c1-19(16-31)20-8-13-30(18-33)15-14-28(4)21(25(20)30)6-7-23-26(2)11-10-24(34)27(3,17-32)22(26)9-12-29(23,28)5/h16,20-23,25,32-33H,1,6-15,17-18H2,2-5H3/t20-,21+,22+,23+,25+,26-,27-,28+,29+,30+/m0/s1. The molecule has 4 nitrogen and oxygen atoms in total. The van der Waals surface area contributed by atoms with Crippen molar-refractivity contribution in [1.29, 1.82) is 0 Å². The number of fused-ring (bicyclic) bond motifs is 7. The zero-order valence-corrected chi connectivity index (χ0v) is 21.9. The number of allylic oxidation sites excluding steroid dienone is 1. The van der Waals surface area contributed by atoms with Crippen LogP contribution in [0, 0.1) is 56.7 Å². The molecule has 4 heteroatoms. The lowest BCUT2D eigenvalue weighted by Crippen LogP contribution is -2.67. The van der Waals surface area contributed by atoms with Gasteiger partial charge in [-0.25, -0.2) is 0 Å². The van der Waals surface area contributed by atoms with Crippen molar-refractivity contribution in [3.05, 3.63) is 12.2 Å². The van der Waals surface area contributed by atoms with E-state index >= 15 is 0 Å². The summed E-state index contributed by atoms with van der Waals surface area (Å²) in [5.74, 6) is 2.08. The highest BCUT2D eigenvalue weighted by molar-refractivity contribution is 5.86. The second-order valence-corrected chi connectivity index (χ2v) is 14.1. The SMILES string of the molecule is C=C(C=O)[C@@H]1CC[C@]2(CO)CC[C@]3(C)[C@H](CC[C@@H]4[C@@]5(C)CCC(=O)[C@@](C)(CO)[C@@H]5CC[C@]43C)[C@@H]12. The lowest BCUT2D eigenvalue weighted by Gasteiger charge is -2.72. The maximum Gasteiger partial charge on any atom is 0.145 e. The number of carbonyl (C=O) groups is 2. The Morgan fingerprint density at radius 2 is 1.65 bits per heavy atom. The van der Waals surface area contributed by atoms with Gasteiger partial charge in [0.2, 0.25) is 0 Å². The number of hydrogen-bond acceptors (Lipinski definition) is 4. The quantitative estimate of drug-likeness (QED) is 0.429. The molecule has 0 unspecified atom stereocenters. The summed E-state index contributed by atoms with van der Waals surface area (Å²) in [6, 6.07) is 0. The topological polar surface area (TPSA) is 74.6 Å². The highest BCUT2D eigenvalue weighted by atomic mass is 16.3. The maximum atomic E-state index is 13.0. The molecular weight excluding hydrogens is 424 g/mol. The lowest BCUT2D eigenvalue weighted by atomic mass is 9.32. The molecule has 5 saturated carbocycles. The Kier molecular flexibility index (Phi) is 5.63. The Bertz CT molecular complexity index is 896. The Balaban J connectivity index is 1.55. The van der Waals surface area contributed by atoms with Crippen LogP contribution in [0.2, 0.25) is 0 Å². The van der Waals surface area contributed by atoms with Gasteiger partial charge in [-0.05, 0) is 115 Å². The summed E-state index contributed by atoms with van der Waals surface area (Å²) < 4.78 is 0. The molecule has 0 aromatic carbocycles. The van der Waals surface area contributed by atoms with Gasteiger partial charge in [-0.2, -0.15) is 0 Å². The molecule has 0 aromatic heterocycles. The smallest absolute Gasteiger partial charge is 0.145 e. The minimum absolute atomic E-state index is 0.0357. The molecule has 0 bridgehead atoms.